The van der Waals surface area contributed by atoms with Crippen molar-refractivity contribution in [2.75, 3.05) is 51.6 Å². The molecule has 2 rings (SSSR count). The molecule has 1 heterocycles. The Morgan fingerprint density at radius 2 is 2.00 bits per heavy atom. The number of nitrogens with zero attached hydrogens (tertiary/aromatic N) is 2. The van der Waals surface area contributed by atoms with Crippen LogP contribution in [0, 0.1) is 5.82 Å². The maximum Gasteiger partial charge on any atom is 0.238 e. The number of hydrogen-bond acceptors (Lipinski definition) is 4. The van der Waals surface area contributed by atoms with Gasteiger partial charge in [-0.15, -0.1) is 12.4 Å². The largest absolute Gasteiger partial charge is 0.339 e. The van der Waals surface area contributed by atoms with Crippen molar-refractivity contribution in [1.29, 1.82) is 0 Å². The van der Waals surface area contributed by atoms with Crippen LogP contribution in [0.15, 0.2) is 18.2 Å². The lowest BCUT2D eigenvalue weighted by atomic mass is 10.3. The molecule has 134 valence electrons. The van der Waals surface area contributed by atoms with Crippen molar-refractivity contribution in [2.24, 2.45) is 0 Å². The minimum Gasteiger partial charge on any atom is -0.339 e. The van der Waals surface area contributed by atoms with Crippen molar-refractivity contribution >= 4 is 41.5 Å². The molecule has 0 saturated carbocycles. The second kappa shape index (κ2) is 9.78. The van der Waals surface area contributed by atoms with Gasteiger partial charge in [0.1, 0.15) is 5.82 Å². The smallest absolute Gasteiger partial charge is 0.238 e. The van der Waals surface area contributed by atoms with Crippen LogP contribution >= 0.6 is 24.0 Å². The highest BCUT2D eigenvalue weighted by molar-refractivity contribution is 6.33. The van der Waals surface area contributed by atoms with Gasteiger partial charge < -0.3 is 15.5 Å². The maximum atomic E-state index is 13.0. The number of carbonyl (C=O) groups is 2. The fourth-order valence-corrected chi connectivity index (χ4v) is 2.54. The number of rotatable bonds is 5. The number of carbonyl (C=O) groups excluding carboxylic acids is 2. The number of halogens is 3. The van der Waals surface area contributed by atoms with E-state index in [-0.39, 0.29) is 42.3 Å². The summed E-state index contributed by atoms with van der Waals surface area (Å²) in [5, 5.41) is 5.92. The Labute approximate surface area is 151 Å². The third-order valence-electron chi connectivity index (χ3n) is 3.49. The monoisotopic (exact) mass is 378 g/mol. The first-order valence-electron chi connectivity index (χ1n) is 7.37. The molecule has 1 aromatic carbocycles. The van der Waals surface area contributed by atoms with Gasteiger partial charge in [0.05, 0.1) is 23.8 Å². The van der Waals surface area contributed by atoms with E-state index < -0.39 is 5.82 Å². The lowest BCUT2D eigenvalue weighted by molar-refractivity contribution is -0.133. The van der Waals surface area contributed by atoms with Crippen LogP contribution in [0.2, 0.25) is 5.02 Å². The summed E-state index contributed by atoms with van der Waals surface area (Å²) in [6.07, 6.45) is 0. The van der Waals surface area contributed by atoms with Crippen molar-refractivity contribution in [3.8, 4) is 0 Å². The van der Waals surface area contributed by atoms with Crippen molar-refractivity contribution in [3.05, 3.63) is 29.0 Å². The van der Waals surface area contributed by atoms with Crippen molar-refractivity contribution in [2.45, 2.75) is 0 Å². The van der Waals surface area contributed by atoms with Crippen LogP contribution in [0.4, 0.5) is 10.1 Å². The molecule has 0 bridgehead atoms. The van der Waals surface area contributed by atoms with Crippen molar-refractivity contribution in [1.82, 2.24) is 15.1 Å². The van der Waals surface area contributed by atoms with E-state index in [9.17, 15) is 14.0 Å². The van der Waals surface area contributed by atoms with Crippen LogP contribution in [-0.4, -0.2) is 67.9 Å². The lowest BCUT2D eigenvalue weighted by Gasteiger charge is -2.29. The quantitative estimate of drug-likeness (QED) is 0.807. The van der Waals surface area contributed by atoms with Gasteiger partial charge in [-0.2, -0.15) is 0 Å². The molecule has 0 aliphatic carbocycles. The average molecular weight is 379 g/mol. The zero-order chi connectivity index (χ0) is 16.8. The van der Waals surface area contributed by atoms with E-state index in [0.717, 1.165) is 19.2 Å². The van der Waals surface area contributed by atoms with Crippen LogP contribution in [0.25, 0.3) is 0 Å². The zero-order valence-corrected chi connectivity index (χ0v) is 14.9. The molecule has 1 aliphatic heterocycles. The number of nitrogens with one attached hydrogen (secondary N) is 2. The van der Waals surface area contributed by atoms with E-state index in [1.807, 2.05) is 0 Å². The fraction of sp³-hybridized carbons (Fsp3) is 0.467. The van der Waals surface area contributed by atoms with Crippen molar-refractivity contribution < 1.29 is 14.0 Å². The first kappa shape index (κ1) is 20.6. The Balaban J connectivity index is 0.00000288. The highest BCUT2D eigenvalue weighted by atomic mass is 35.5. The number of benzene rings is 1. The Kier molecular flexibility index (Phi) is 8.41. The molecule has 0 radical (unpaired) electrons. The van der Waals surface area contributed by atoms with Crippen LogP contribution in [0.3, 0.4) is 0 Å². The van der Waals surface area contributed by atoms with Gasteiger partial charge in [-0.05, 0) is 25.2 Å². The summed E-state index contributed by atoms with van der Waals surface area (Å²) in [6.45, 7) is 3.17. The van der Waals surface area contributed by atoms with Gasteiger partial charge in [0.2, 0.25) is 11.8 Å². The van der Waals surface area contributed by atoms with Crippen LogP contribution in [0.1, 0.15) is 0 Å². The average Bonchev–Trinajstić information content (AvgIpc) is 2.50. The molecule has 2 N–H and O–H groups in total. The number of likely N-dealkylation sites (N-methyl/N-ethyl adjacent to an activating group) is 1. The van der Waals surface area contributed by atoms with Gasteiger partial charge >= 0.3 is 0 Å². The number of hydrogen-bond donors (Lipinski definition) is 2. The van der Waals surface area contributed by atoms with E-state index in [1.165, 1.54) is 12.1 Å². The predicted octanol–water partition coefficient (Wildman–Crippen LogP) is 1.20. The second-order valence-electron chi connectivity index (χ2n) is 5.48. The number of anilines is 1. The summed E-state index contributed by atoms with van der Waals surface area (Å²) in [5.74, 6) is -0.775. The van der Waals surface area contributed by atoms with Crippen LogP contribution in [-0.2, 0) is 9.59 Å². The highest BCUT2D eigenvalue weighted by Gasteiger charge is 2.18. The zero-order valence-electron chi connectivity index (χ0n) is 13.3. The molecule has 1 fully saturated rings. The van der Waals surface area contributed by atoms with Gasteiger partial charge in [0, 0.05) is 26.2 Å². The molecule has 1 aliphatic rings. The fourth-order valence-electron chi connectivity index (χ4n) is 2.33. The minimum absolute atomic E-state index is 0. The Hall–Kier alpha value is -1.41. The van der Waals surface area contributed by atoms with Gasteiger partial charge in [-0.3, -0.25) is 14.5 Å². The van der Waals surface area contributed by atoms with Gasteiger partial charge in [-0.25, -0.2) is 4.39 Å². The molecule has 0 aromatic heterocycles. The SMILES string of the molecule is CN(CC(=O)Nc1ccc(F)cc1Cl)CC(=O)N1CCNCC1.Cl. The third-order valence-corrected chi connectivity index (χ3v) is 3.81. The molecular weight excluding hydrogens is 358 g/mol. The van der Waals surface area contributed by atoms with Crippen molar-refractivity contribution in [3.63, 3.8) is 0 Å². The second-order valence-corrected chi connectivity index (χ2v) is 5.88. The normalized spacial score (nSPS) is 14.2. The Morgan fingerprint density at radius 1 is 1.33 bits per heavy atom. The third kappa shape index (κ3) is 6.24. The summed E-state index contributed by atoms with van der Waals surface area (Å²) in [4.78, 5) is 27.5. The molecule has 24 heavy (non-hydrogen) atoms. The number of amides is 2. The first-order chi connectivity index (χ1) is 11.0. The molecular formula is C15H21Cl2FN4O2. The lowest BCUT2D eigenvalue weighted by Crippen LogP contribution is -2.49. The van der Waals surface area contributed by atoms with Gasteiger partial charge in [-0.1, -0.05) is 11.6 Å². The molecule has 9 heteroatoms. The summed E-state index contributed by atoms with van der Waals surface area (Å²) in [5.41, 5.74) is 0.347. The Morgan fingerprint density at radius 3 is 2.62 bits per heavy atom. The van der Waals surface area contributed by atoms with Gasteiger partial charge in [0.15, 0.2) is 0 Å². The molecule has 1 saturated heterocycles. The van der Waals surface area contributed by atoms with Gasteiger partial charge in [0.25, 0.3) is 0 Å². The molecule has 1 aromatic rings. The molecule has 0 atom stereocenters. The Bertz CT molecular complexity index is 583. The van der Waals surface area contributed by atoms with Crippen LogP contribution < -0.4 is 10.6 Å². The van der Waals surface area contributed by atoms with E-state index in [2.05, 4.69) is 10.6 Å². The summed E-state index contributed by atoms with van der Waals surface area (Å²) >= 11 is 5.86. The minimum atomic E-state index is -0.466. The molecule has 0 spiro atoms. The summed E-state index contributed by atoms with van der Waals surface area (Å²) in [7, 11) is 1.70. The predicted molar refractivity (Wildman–Crippen MR) is 94.2 cm³/mol. The molecule has 6 nitrogen and oxygen atoms in total. The van der Waals surface area contributed by atoms with E-state index in [4.69, 9.17) is 11.6 Å². The van der Waals surface area contributed by atoms with E-state index >= 15 is 0 Å². The van der Waals surface area contributed by atoms with E-state index in [1.54, 1.807) is 16.8 Å². The van der Waals surface area contributed by atoms with Crippen LogP contribution in [0.5, 0.6) is 0 Å². The standard InChI is InChI=1S/C15H20ClFN4O2.ClH/c1-20(10-15(23)21-6-4-18-5-7-21)9-14(22)19-13-3-2-11(17)8-12(13)16;/h2-3,8,18H,4-7,9-10H2,1H3,(H,19,22);1H. The first-order valence-corrected chi connectivity index (χ1v) is 7.75. The molecule has 2 amide bonds. The summed E-state index contributed by atoms with van der Waals surface area (Å²) < 4.78 is 13.0. The molecule has 0 unspecified atom stereocenters. The number of piperazine rings is 1. The van der Waals surface area contributed by atoms with E-state index in [0.29, 0.717) is 18.8 Å². The maximum absolute atomic E-state index is 13.0. The topological polar surface area (TPSA) is 64.7 Å². The highest BCUT2D eigenvalue weighted by Crippen LogP contribution is 2.22. The summed E-state index contributed by atoms with van der Waals surface area (Å²) in [6, 6.07) is 3.76.